The van der Waals surface area contributed by atoms with Crippen LogP contribution in [0, 0.1) is 0 Å². The summed E-state index contributed by atoms with van der Waals surface area (Å²) in [5.74, 6) is -0.588. The molecule has 8 nitrogen and oxygen atoms in total. The summed E-state index contributed by atoms with van der Waals surface area (Å²) in [5, 5.41) is 2.77. The molecular weight excluding hydrogens is 486 g/mol. The molecule has 180 valence electrons. The third kappa shape index (κ3) is 5.58. The van der Waals surface area contributed by atoms with Gasteiger partial charge in [-0.1, -0.05) is 31.9 Å². The average Bonchev–Trinajstić information content (AvgIpc) is 2.80. The Morgan fingerprint density at radius 3 is 2.09 bits per heavy atom. The number of piperidine rings is 1. The van der Waals surface area contributed by atoms with Gasteiger partial charge in [0.2, 0.25) is 20.0 Å². The molecule has 1 amide bonds. The van der Waals surface area contributed by atoms with E-state index >= 15 is 0 Å². The smallest absolute Gasteiger partial charge is 0.257 e. The quantitative estimate of drug-likeness (QED) is 0.578. The van der Waals surface area contributed by atoms with Gasteiger partial charge in [0.1, 0.15) is 0 Å². The van der Waals surface area contributed by atoms with Crippen molar-refractivity contribution in [2.75, 3.05) is 31.5 Å². The number of carbonyl (C=O) groups is 1. The van der Waals surface area contributed by atoms with Crippen molar-refractivity contribution in [1.29, 1.82) is 0 Å². The van der Waals surface area contributed by atoms with E-state index in [-0.39, 0.29) is 20.4 Å². The minimum Gasteiger partial charge on any atom is -0.322 e. The molecule has 0 bridgehead atoms. The second-order valence-corrected chi connectivity index (χ2v) is 12.0. The summed E-state index contributed by atoms with van der Waals surface area (Å²) in [7, 11) is -7.33. The molecule has 0 radical (unpaired) electrons. The minimum atomic E-state index is -3.72. The highest BCUT2D eigenvalue weighted by atomic mass is 35.5. The Morgan fingerprint density at radius 1 is 0.939 bits per heavy atom. The van der Waals surface area contributed by atoms with Gasteiger partial charge in [0.15, 0.2) is 0 Å². The SMILES string of the molecule is CCN(CC)S(=O)(=O)c1ccc(NC(=O)c2cc(S(=O)(=O)N3CCCCC3)ccc2Cl)cc1. The summed E-state index contributed by atoms with van der Waals surface area (Å²) in [4.78, 5) is 13.0. The molecule has 1 saturated heterocycles. The standard InChI is InChI=1S/C22H28ClN3O5S2/c1-3-25(4-2)32(28,29)18-10-8-17(9-11-18)24-22(27)20-16-19(12-13-21(20)23)33(30,31)26-14-6-5-7-15-26/h8-13,16H,3-7,14-15H2,1-2H3,(H,24,27). The van der Waals surface area contributed by atoms with Crippen LogP contribution in [0.2, 0.25) is 5.02 Å². The number of hydrogen-bond acceptors (Lipinski definition) is 5. The number of nitrogens with zero attached hydrogens (tertiary/aromatic N) is 2. The summed E-state index contributed by atoms with van der Waals surface area (Å²) in [6.07, 6.45) is 2.61. The van der Waals surface area contributed by atoms with Crippen molar-refractivity contribution in [2.45, 2.75) is 42.9 Å². The zero-order chi connectivity index (χ0) is 24.2. The molecule has 1 heterocycles. The second kappa shape index (κ2) is 10.5. The third-order valence-corrected chi connectivity index (χ3v) is 9.88. The number of hydrogen-bond donors (Lipinski definition) is 1. The first-order valence-electron chi connectivity index (χ1n) is 10.8. The first-order valence-corrected chi connectivity index (χ1v) is 14.1. The predicted octanol–water partition coefficient (Wildman–Crippen LogP) is 3.80. The molecular formula is C22H28ClN3O5S2. The molecule has 0 spiro atoms. The highest BCUT2D eigenvalue weighted by molar-refractivity contribution is 7.89. The van der Waals surface area contributed by atoms with E-state index in [4.69, 9.17) is 11.6 Å². The van der Waals surface area contributed by atoms with Crippen LogP contribution >= 0.6 is 11.6 Å². The van der Waals surface area contributed by atoms with Gasteiger partial charge in [0, 0.05) is 31.9 Å². The normalized spacial score (nSPS) is 15.5. The lowest BCUT2D eigenvalue weighted by atomic mass is 10.2. The lowest BCUT2D eigenvalue weighted by molar-refractivity contribution is 0.102. The Kier molecular flexibility index (Phi) is 8.17. The molecule has 3 rings (SSSR count). The number of anilines is 1. The van der Waals surface area contributed by atoms with E-state index in [0.29, 0.717) is 31.9 Å². The summed E-state index contributed by atoms with van der Waals surface area (Å²) in [6.45, 7) is 5.14. The molecule has 33 heavy (non-hydrogen) atoms. The topological polar surface area (TPSA) is 104 Å². The Balaban J connectivity index is 1.81. The molecule has 1 N–H and O–H groups in total. The van der Waals surface area contributed by atoms with Gasteiger partial charge in [-0.3, -0.25) is 4.79 Å². The van der Waals surface area contributed by atoms with Gasteiger partial charge in [0.25, 0.3) is 5.91 Å². The van der Waals surface area contributed by atoms with Gasteiger partial charge in [-0.05, 0) is 55.3 Å². The van der Waals surface area contributed by atoms with Crippen LogP contribution in [-0.4, -0.2) is 57.5 Å². The Hall–Kier alpha value is -1.98. The average molecular weight is 514 g/mol. The molecule has 2 aromatic rings. The van der Waals surface area contributed by atoms with Crippen LogP contribution in [0.5, 0.6) is 0 Å². The summed E-state index contributed by atoms with van der Waals surface area (Å²) in [5.41, 5.74) is 0.383. The van der Waals surface area contributed by atoms with Crippen LogP contribution in [0.4, 0.5) is 5.69 Å². The third-order valence-electron chi connectivity index (χ3n) is 5.59. The maximum absolute atomic E-state index is 13.0. The van der Waals surface area contributed by atoms with Gasteiger partial charge in [-0.2, -0.15) is 8.61 Å². The first kappa shape index (κ1) is 25.6. The number of carbonyl (C=O) groups excluding carboxylic acids is 1. The Morgan fingerprint density at radius 2 is 1.52 bits per heavy atom. The van der Waals surface area contributed by atoms with Crippen molar-refractivity contribution in [3.63, 3.8) is 0 Å². The highest BCUT2D eigenvalue weighted by Crippen LogP contribution is 2.26. The lowest BCUT2D eigenvalue weighted by Gasteiger charge is -2.26. The zero-order valence-electron chi connectivity index (χ0n) is 18.6. The molecule has 1 fully saturated rings. The van der Waals surface area contributed by atoms with Crippen LogP contribution in [0.25, 0.3) is 0 Å². The Bertz CT molecular complexity index is 1210. The monoisotopic (exact) mass is 513 g/mol. The lowest BCUT2D eigenvalue weighted by Crippen LogP contribution is -2.35. The van der Waals surface area contributed by atoms with Crippen molar-refractivity contribution in [1.82, 2.24) is 8.61 Å². The van der Waals surface area contributed by atoms with Crippen LogP contribution in [-0.2, 0) is 20.0 Å². The van der Waals surface area contributed by atoms with E-state index < -0.39 is 26.0 Å². The predicted molar refractivity (Wildman–Crippen MR) is 129 cm³/mol. The fraction of sp³-hybridized carbons (Fsp3) is 0.409. The largest absolute Gasteiger partial charge is 0.322 e. The van der Waals surface area contributed by atoms with Gasteiger partial charge in [-0.15, -0.1) is 0 Å². The zero-order valence-corrected chi connectivity index (χ0v) is 21.0. The second-order valence-electron chi connectivity index (χ2n) is 7.67. The maximum Gasteiger partial charge on any atom is 0.257 e. The van der Waals surface area contributed by atoms with E-state index in [1.165, 1.54) is 51.1 Å². The van der Waals surface area contributed by atoms with Gasteiger partial charge in [-0.25, -0.2) is 16.8 Å². The van der Waals surface area contributed by atoms with Crippen molar-refractivity contribution < 1.29 is 21.6 Å². The van der Waals surface area contributed by atoms with Gasteiger partial charge >= 0.3 is 0 Å². The highest BCUT2D eigenvalue weighted by Gasteiger charge is 2.27. The van der Waals surface area contributed by atoms with E-state index in [1.807, 2.05) is 0 Å². The summed E-state index contributed by atoms with van der Waals surface area (Å²) < 4.78 is 53.9. The maximum atomic E-state index is 13.0. The molecule has 0 atom stereocenters. The van der Waals surface area contributed by atoms with Crippen LogP contribution in [0.3, 0.4) is 0 Å². The van der Waals surface area contributed by atoms with Crippen LogP contribution in [0.15, 0.2) is 52.3 Å². The van der Waals surface area contributed by atoms with Gasteiger partial charge < -0.3 is 5.32 Å². The molecule has 1 aliphatic rings. The van der Waals surface area contributed by atoms with E-state index in [0.717, 1.165) is 19.3 Å². The number of benzene rings is 2. The molecule has 11 heteroatoms. The fourth-order valence-corrected chi connectivity index (χ4v) is 6.92. The van der Waals surface area contributed by atoms with Crippen molar-refractivity contribution in [2.24, 2.45) is 0 Å². The molecule has 0 saturated carbocycles. The Labute approximate surface area is 200 Å². The van der Waals surface area contributed by atoms with E-state index in [2.05, 4.69) is 5.32 Å². The van der Waals surface area contributed by atoms with Crippen molar-refractivity contribution >= 4 is 43.2 Å². The van der Waals surface area contributed by atoms with Crippen molar-refractivity contribution in [3.05, 3.63) is 53.1 Å². The molecule has 1 aliphatic heterocycles. The minimum absolute atomic E-state index is 0.0135. The molecule has 2 aromatic carbocycles. The van der Waals surface area contributed by atoms with Gasteiger partial charge in [0.05, 0.1) is 20.4 Å². The summed E-state index contributed by atoms with van der Waals surface area (Å²) >= 11 is 6.19. The molecule has 0 unspecified atom stereocenters. The molecule has 0 aliphatic carbocycles. The first-order chi connectivity index (χ1) is 15.6. The number of amides is 1. The number of nitrogens with one attached hydrogen (secondary N) is 1. The fourth-order valence-electron chi connectivity index (χ4n) is 3.71. The number of rotatable bonds is 8. The van der Waals surface area contributed by atoms with Crippen LogP contribution in [0.1, 0.15) is 43.5 Å². The number of halogens is 1. The van der Waals surface area contributed by atoms with E-state index in [9.17, 15) is 21.6 Å². The van der Waals surface area contributed by atoms with Crippen LogP contribution < -0.4 is 5.32 Å². The van der Waals surface area contributed by atoms with E-state index in [1.54, 1.807) is 13.8 Å². The van der Waals surface area contributed by atoms with Crippen molar-refractivity contribution in [3.8, 4) is 0 Å². The number of sulfonamides is 2. The molecule has 0 aromatic heterocycles. The summed E-state index contributed by atoms with van der Waals surface area (Å²) in [6, 6.07) is 9.88.